The number of hydrogen-bond acceptors (Lipinski definition) is 3. The summed E-state index contributed by atoms with van der Waals surface area (Å²) in [5.41, 5.74) is 0. The predicted molar refractivity (Wildman–Crippen MR) is 62.6 cm³/mol. The minimum absolute atomic E-state index is 0.617. The summed E-state index contributed by atoms with van der Waals surface area (Å²) in [6.45, 7) is 0. The van der Waals surface area contributed by atoms with Crippen LogP contribution in [0.2, 0.25) is 10.0 Å². The van der Waals surface area contributed by atoms with Gasteiger partial charge in [0.05, 0.1) is 10.0 Å². The number of pyridine rings is 2. The van der Waals surface area contributed by atoms with Crippen molar-refractivity contribution in [2.45, 2.75) is 10.1 Å². The van der Waals surface area contributed by atoms with Crippen LogP contribution in [-0.4, -0.2) is 9.97 Å². The monoisotopic (exact) mass is 256 g/mol. The normalized spacial score (nSPS) is 10.3. The maximum atomic E-state index is 5.97. The Hall–Kier alpha value is -0.770. The molecule has 0 saturated carbocycles. The van der Waals surface area contributed by atoms with Crippen molar-refractivity contribution in [2.24, 2.45) is 0 Å². The van der Waals surface area contributed by atoms with Gasteiger partial charge < -0.3 is 0 Å². The molecule has 0 unspecified atom stereocenters. The third-order valence-electron chi connectivity index (χ3n) is 1.63. The summed E-state index contributed by atoms with van der Waals surface area (Å²) in [5.74, 6) is 0. The lowest BCUT2D eigenvalue weighted by Gasteiger charge is -2.01. The van der Waals surface area contributed by atoms with Gasteiger partial charge in [-0.1, -0.05) is 23.2 Å². The first kappa shape index (κ1) is 10.7. The Bertz CT molecular complexity index is 459. The first-order valence-corrected chi connectivity index (χ1v) is 5.73. The molecule has 5 heteroatoms. The molecule has 76 valence electrons. The van der Waals surface area contributed by atoms with E-state index in [1.807, 2.05) is 6.07 Å². The highest BCUT2D eigenvalue weighted by Crippen LogP contribution is 2.29. The van der Waals surface area contributed by atoms with E-state index in [0.717, 1.165) is 10.1 Å². The fourth-order valence-corrected chi connectivity index (χ4v) is 2.04. The lowest BCUT2D eigenvalue weighted by Crippen LogP contribution is -1.82. The van der Waals surface area contributed by atoms with Crippen molar-refractivity contribution in [2.75, 3.05) is 0 Å². The van der Waals surface area contributed by atoms with Gasteiger partial charge in [-0.15, -0.1) is 0 Å². The van der Waals surface area contributed by atoms with Gasteiger partial charge in [0.2, 0.25) is 0 Å². The molecule has 0 atom stereocenters. The summed E-state index contributed by atoms with van der Waals surface area (Å²) in [6.07, 6.45) is 3.30. The zero-order chi connectivity index (χ0) is 10.7. The van der Waals surface area contributed by atoms with Crippen molar-refractivity contribution in [3.8, 4) is 0 Å². The van der Waals surface area contributed by atoms with Gasteiger partial charge in [0.15, 0.2) is 0 Å². The van der Waals surface area contributed by atoms with Crippen molar-refractivity contribution in [1.82, 2.24) is 9.97 Å². The second-order valence-electron chi connectivity index (χ2n) is 2.71. The first-order chi connectivity index (χ1) is 7.25. The van der Waals surface area contributed by atoms with Crippen molar-refractivity contribution >= 4 is 35.0 Å². The Morgan fingerprint density at radius 2 is 1.93 bits per heavy atom. The van der Waals surface area contributed by atoms with Gasteiger partial charge in [-0.2, -0.15) is 0 Å². The molecule has 0 aliphatic rings. The fraction of sp³-hybridized carbons (Fsp3) is 0. The van der Waals surface area contributed by atoms with Crippen LogP contribution < -0.4 is 0 Å². The van der Waals surface area contributed by atoms with Crippen LogP contribution in [-0.2, 0) is 0 Å². The minimum Gasteiger partial charge on any atom is -0.248 e. The molecule has 2 aromatic heterocycles. The summed E-state index contributed by atoms with van der Waals surface area (Å²) in [4.78, 5) is 8.30. The molecule has 2 aromatic rings. The van der Waals surface area contributed by atoms with Crippen molar-refractivity contribution < 1.29 is 0 Å². The van der Waals surface area contributed by atoms with Gasteiger partial charge in [-0.25, -0.2) is 9.97 Å². The smallest absolute Gasteiger partial charge is 0.121 e. The third kappa shape index (κ3) is 2.84. The quantitative estimate of drug-likeness (QED) is 0.815. The van der Waals surface area contributed by atoms with E-state index >= 15 is 0 Å². The molecule has 0 saturated heterocycles. The van der Waals surface area contributed by atoms with Crippen LogP contribution in [0.1, 0.15) is 0 Å². The molecule has 0 N–H and O–H groups in total. The molecule has 2 heterocycles. The molecule has 0 aliphatic carbocycles. The molecular weight excluding hydrogens is 251 g/mol. The first-order valence-electron chi connectivity index (χ1n) is 4.15. The van der Waals surface area contributed by atoms with Crippen LogP contribution in [0.4, 0.5) is 0 Å². The van der Waals surface area contributed by atoms with E-state index in [1.54, 1.807) is 30.6 Å². The van der Waals surface area contributed by atoms with Crippen LogP contribution in [0.5, 0.6) is 0 Å². The maximum Gasteiger partial charge on any atom is 0.121 e. The Morgan fingerprint density at radius 3 is 2.60 bits per heavy atom. The SMILES string of the molecule is Clc1ccc(Sc2ncccc2Cl)nc1. The molecule has 0 amide bonds. The highest BCUT2D eigenvalue weighted by molar-refractivity contribution is 7.99. The number of hydrogen-bond donors (Lipinski definition) is 0. The summed E-state index contributed by atoms with van der Waals surface area (Å²) < 4.78 is 0. The molecule has 0 spiro atoms. The Kier molecular flexibility index (Phi) is 3.46. The van der Waals surface area contributed by atoms with Crippen LogP contribution in [0, 0.1) is 0 Å². The van der Waals surface area contributed by atoms with Gasteiger partial charge in [0.1, 0.15) is 10.1 Å². The highest BCUT2D eigenvalue weighted by Gasteiger charge is 2.03. The third-order valence-corrected chi connectivity index (χ3v) is 3.24. The molecule has 0 radical (unpaired) electrons. The second-order valence-corrected chi connectivity index (χ2v) is 4.56. The second kappa shape index (κ2) is 4.84. The number of aromatic nitrogens is 2. The van der Waals surface area contributed by atoms with Crippen molar-refractivity contribution in [1.29, 1.82) is 0 Å². The zero-order valence-corrected chi connectivity index (χ0v) is 9.85. The average Bonchev–Trinajstić information content (AvgIpc) is 2.25. The number of halogens is 2. The Morgan fingerprint density at radius 1 is 1.07 bits per heavy atom. The van der Waals surface area contributed by atoms with Crippen LogP contribution in [0.15, 0.2) is 46.7 Å². The summed E-state index contributed by atoms with van der Waals surface area (Å²) in [5, 5.41) is 2.81. The molecular formula is C10H6Cl2N2S. The van der Waals surface area contributed by atoms with Crippen LogP contribution >= 0.6 is 35.0 Å². The molecule has 2 rings (SSSR count). The topological polar surface area (TPSA) is 25.8 Å². The molecule has 0 fully saturated rings. The molecule has 15 heavy (non-hydrogen) atoms. The molecule has 0 aromatic carbocycles. The predicted octanol–water partition coefficient (Wildman–Crippen LogP) is 3.93. The minimum atomic E-state index is 0.617. The van der Waals surface area contributed by atoms with Gasteiger partial charge in [0, 0.05) is 12.4 Å². The van der Waals surface area contributed by atoms with Gasteiger partial charge >= 0.3 is 0 Å². The standard InChI is InChI=1S/C10H6Cl2N2S/c11-7-3-4-9(14-6-7)15-10-8(12)2-1-5-13-10/h1-6H. The molecule has 0 bridgehead atoms. The van der Waals surface area contributed by atoms with E-state index in [-0.39, 0.29) is 0 Å². The van der Waals surface area contributed by atoms with E-state index in [2.05, 4.69) is 9.97 Å². The largest absolute Gasteiger partial charge is 0.248 e. The lowest BCUT2D eigenvalue weighted by molar-refractivity contribution is 1.09. The van der Waals surface area contributed by atoms with Gasteiger partial charge in [0.25, 0.3) is 0 Å². The van der Waals surface area contributed by atoms with Crippen molar-refractivity contribution in [3.05, 3.63) is 46.7 Å². The van der Waals surface area contributed by atoms with Crippen molar-refractivity contribution in [3.63, 3.8) is 0 Å². The van der Waals surface area contributed by atoms with E-state index in [0.29, 0.717) is 10.0 Å². The van der Waals surface area contributed by atoms with Gasteiger partial charge in [-0.3, -0.25) is 0 Å². The summed E-state index contributed by atoms with van der Waals surface area (Å²) in [6, 6.07) is 7.21. The number of rotatable bonds is 2. The summed E-state index contributed by atoms with van der Waals surface area (Å²) in [7, 11) is 0. The zero-order valence-electron chi connectivity index (χ0n) is 7.52. The van der Waals surface area contributed by atoms with E-state index in [1.165, 1.54) is 11.8 Å². The van der Waals surface area contributed by atoms with E-state index in [4.69, 9.17) is 23.2 Å². The lowest BCUT2D eigenvalue weighted by atomic mass is 10.5. The van der Waals surface area contributed by atoms with Gasteiger partial charge in [-0.05, 0) is 36.0 Å². The average molecular weight is 257 g/mol. The Balaban J connectivity index is 2.22. The fourth-order valence-electron chi connectivity index (χ4n) is 0.968. The molecule has 0 aliphatic heterocycles. The maximum absolute atomic E-state index is 5.97. The Labute approximate surface area is 102 Å². The highest BCUT2D eigenvalue weighted by atomic mass is 35.5. The van der Waals surface area contributed by atoms with Crippen LogP contribution in [0.25, 0.3) is 0 Å². The summed E-state index contributed by atoms with van der Waals surface area (Å²) >= 11 is 13.1. The van der Waals surface area contributed by atoms with Crippen LogP contribution in [0.3, 0.4) is 0 Å². The molecule has 2 nitrogen and oxygen atoms in total. The van der Waals surface area contributed by atoms with E-state index < -0.39 is 0 Å². The number of nitrogens with zero attached hydrogens (tertiary/aromatic N) is 2. The van der Waals surface area contributed by atoms with E-state index in [9.17, 15) is 0 Å².